The number of carbonyl (C=O) groups is 1. The Hall–Kier alpha value is -2.38. The van der Waals surface area contributed by atoms with E-state index in [1.165, 1.54) is 12.8 Å². The molecule has 3 fully saturated rings. The van der Waals surface area contributed by atoms with Gasteiger partial charge in [-0.05, 0) is 25.8 Å². The molecule has 4 heterocycles. The third-order valence-corrected chi connectivity index (χ3v) is 6.33. The lowest BCUT2D eigenvalue weighted by molar-refractivity contribution is 0.0743. The number of rotatable bonds is 3. The molecule has 7 nitrogen and oxygen atoms in total. The lowest BCUT2D eigenvalue weighted by Crippen LogP contribution is -2.41. The van der Waals surface area contributed by atoms with Crippen LogP contribution >= 0.6 is 0 Å². The molecule has 1 atom stereocenters. The van der Waals surface area contributed by atoms with Gasteiger partial charge in [-0.1, -0.05) is 35.5 Å². The van der Waals surface area contributed by atoms with E-state index in [9.17, 15) is 4.79 Å². The van der Waals surface area contributed by atoms with Crippen molar-refractivity contribution < 1.29 is 14.1 Å². The SMILES string of the molecule is O=C(c1c(N2CCOCC2)noc1-c1ccccc1)N1CCCN2CCC[C@H]2C1. The molecule has 0 aliphatic carbocycles. The minimum atomic E-state index is 0.0420. The first kappa shape index (κ1) is 18.6. The van der Waals surface area contributed by atoms with Crippen molar-refractivity contribution in [2.24, 2.45) is 0 Å². The van der Waals surface area contributed by atoms with Gasteiger partial charge in [-0.3, -0.25) is 9.69 Å². The van der Waals surface area contributed by atoms with Gasteiger partial charge in [0.25, 0.3) is 5.91 Å². The molecule has 0 unspecified atom stereocenters. The maximum absolute atomic E-state index is 13.8. The molecule has 0 bridgehead atoms. The fourth-order valence-corrected chi connectivity index (χ4v) is 4.80. The monoisotopic (exact) mass is 396 g/mol. The van der Waals surface area contributed by atoms with Crippen molar-refractivity contribution in [1.82, 2.24) is 15.0 Å². The molecule has 3 aliphatic heterocycles. The van der Waals surface area contributed by atoms with Gasteiger partial charge >= 0.3 is 0 Å². The summed E-state index contributed by atoms with van der Waals surface area (Å²) in [5, 5.41) is 4.36. The maximum atomic E-state index is 13.8. The van der Waals surface area contributed by atoms with Crippen LogP contribution in [0.15, 0.2) is 34.9 Å². The molecule has 1 amide bonds. The fraction of sp³-hybridized carbons (Fsp3) is 0.545. The van der Waals surface area contributed by atoms with E-state index in [-0.39, 0.29) is 5.91 Å². The van der Waals surface area contributed by atoms with Gasteiger partial charge in [-0.25, -0.2) is 0 Å². The first-order valence-electron chi connectivity index (χ1n) is 10.7. The highest BCUT2D eigenvalue weighted by Gasteiger charge is 2.35. The Morgan fingerprint density at radius 1 is 1.00 bits per heavy atom. The molecule has 3 aliphatic rings. The second kappa shape index (κ2) is 8.16. The summed E-state index contributed by atoms with van der Waals surface area (Å²) < 4.78 is 11.3. The third-order valence-electron chi connectivity index (χ3n) is 6.33. The van der Waals surface area contributed by atoms with E-state index < -0.39 is 0 Å². The summed E-state index contributed by atoms with van der Waals surface area (Å²) in [7, 11) is 0. The van der Waals surface area contributed by atoms with Crippen LogP contribution in [0, 0.1) is 0 Å². The van der Waals surface area contributed by atoms with Crippen molar-refractivity contribution in [2.75, 3.05) is 57.4 Å². The number of aromatic nitrogens is 1. The Bertz CT molecular complexity index is 847. The first-order chi connectivity index (χ1) is 14.3. The number of morpholine rings is 1. The number of fused-ring (bicyclic) bond motifs is 1. The summed E-state index contributed by atoms with van der Waals surface area (Å²) in [5.74, 6) is 1.27. The van der Waals surface area contributed by atoms with Gasteiger partial charge in [0, 0.05) is 44.3 Å². The Morgan fingerprint density at radius 2 is 1.79 bits per heavy atom. The smallest absolute Gasteiger partial charge is 0.261 e. The number of nitrogens with zero attached hydrogens (tertiary/aromatic N) is 4. The van der Waals surface area contributed by atoms with Crippen LogP contribution in [0.2, 0.25) is 0 Å². The van der Waals surface area contributed by atoms with Crippen molar-refractivity contribution in [3.8, 4) is 11.3 Å². The van der Waals surface area contributed by atoms with Crippen molar-refractivity contribution in [1.29, 1.82) is 0 Å². The summed E-state index contributed by atoms with van der Waals surface area (Å²) in [6.07, 6.45) is 3.42. The first-order valence-corrected chi connectivity index (χ1v) is 10.7. The molecule has 154 valence electrons. The second-order valence-electron chi connectivity index (χ2n) is 8.11. The van der Waals surface area contributed by atoms with Crippen LogP contribution in [-0.2, 0) is 4.74 Å². The molecule has 1 aromatic heterocycles. The van der Waals surface area contributed by atoms with Crippen LogP contribution in [0.3, 0.4) is 0 Å². The van der Waals surface area contributed by atoms with Gasteiger partial charge in [-0.2, -0.15) is 0 Å². The minimum absolute atomic E-state index is 0.0420. The average molecular weight is 396 g/mol. The molecule has 29 heavy (non-hydrogen) atoms. The van der Waals surface area contributed by atoms with E-state index >= 15 is 0 Å². The number of amides is 1. The summed E-state index contributed by atoms with van der Waals surface area (Å²) in [4.78, 5) is 20.5. The highest BCUT2D eigenvalue weighted by atomic mass is 16.5. The van der Waals surface area contributed by atoms with E-state index in [2.05, 4.69) is 15.0 Å². The van der Waals surface area contributed by atoms with Crippen LogP contribution in [0.25, 0.3) is 11.3 Å². The summed E-state index contributed by atoms with van der Waals surface area (Å²) >= 11 is 0. The highest BCUT2D eigenvalue weighted by Crippen LogP contribution is 2.34. The number of ether oxygens (including phenoxy) is 1. The van der Waals surface area contributed by atoms with Crippen LogP contribution in [0.5, 0.6) is 0 Å². The molecular weight excluding hydrogens is 368 g/mol. The van der Waals surface area contributed by atoms with Crippen LogP contribution in [0.4, 0.5) is 5.82 Å². The zero-order chi connectivity index (χ0) is 19.6. The number of hydrogen-bond donors (Lipinski definition) is 0. The summed E-state index contributed by atoms with van der Waals surface area (Å²) in [6, 6.07) is 10.3. The molecule has 1 aromatic carbocycles. The Kier molecular flexibility index (Phi) is 5.24. The third kappa shape index (κ3) is 3.65. The molecule has 0 N–H and O–H groups in total. The van der Waals surface area contributed by atoms with Gasteiger partial charge < -0.3 is 19.1 Å². The molecule has 7 heteroatoms. The molecule has 2 aromatic rings. The molecule has 0 radical (unpaired) electrons. The van der Waals surface area contributed by atoms with Crippen molar-refractivity contribution in [3.63, 3.8) is 0 Å². The highest BCUT2D eigenvalue weighted by molar-refractivity contribution is 6.04. The van der Waals surface area contributed by atoms with Crippen LogP contribution in [-0.4, -0.2) is 79.4 Å². The van der Waals surface area contributed by atoms with E-state index in [0.717, 1.165) is 51.3 Å². The molecular formula is C22H28N4O3. The Balaban J connectivity index is 1.51. The van der Waals surface area contributed by atoms with E-state index in [0.29, 0.717) is 36.4 Å². The predicted molar refractivity (Wildman–Crippen MR) is 110 cm³/mol. The molecule has 0 spiro atoms. The van der Waals surface area contributed by atoms with Gasteiger partial charge in [0.05, 0.1) is 13.2 Å². The Morgan fingerprint density at radius 3 is 2.62 bits per heavy atom. The van der Waals surface area contributed by atoms with Gasteiger partial charge in [0.2, 0.25) is 0 Å². The zero-order valence-electron chi connectivity index (χ0n) is 16.8. The predicted octanol–water partition coefficient (Wildman–Crippen LogP) is 2.49. The van der Waals surface area contributed by atoms with Gasteiger partial charge in [-0.15, -0.1) is 0 Å². The quantitative estimate of drug-likeness (QED) is 0.794. The number of hydrogen-bond acceptors (Lipinski definition) is 6. The summed E-state index contributed by atoms with van der Waals surface area (Å²) in [6.45, 7) is 6.54. The van der Waals surface area contributed by atoms with E-state index in [4.69, 9.17) is 9.26 Å². The average Bonchev–Trinajstić information content (AvgIpc) is 3.36. The number of benzene rings is 1. The van der Waals surface area contributed by atoms with Crippen molar-refractivity contribution in [3.05, 3.63) is 35.9 Å². The van der Waals surface area contributed by atoms with Gasteiger partial charge in [0.1, 0.15) is 5.56 Å². The lowest BCUT2D eigenvalue weighted by Gasteiger charge is -2.29. The van der Waals surface area contributed by atoms with Crippen molar-refractivity contribution in [2.45, 2.75) is 25.3 Å². The normalized spacial score (nSPS) is 23.1. The minimum Gasteiger partial charge on any atom is -0.378 e. The molecule has 5 rings (SSSR count). The fourth-order valence-electron chi connectivity index (χ4n) is 4.80. The van der Waals surface area contributed by atoms with E-state index in [1.54, 1.807) is 0 Å². The molecule has 0 saturated carbocycles. The van der Waals surface area contributed by atoms with Crippen molar-refractivity contribution >= 4 is 11.7 Å². The summed E-state index contributed by atoms with van der Waals surface area (Å²) in [5.41, 5.74) is 1.49. The zero-order valence-corrected chi connectivity index (χ0v) is 16.8. The maximum Gasteiger partial charge on any atom is 0.261 e. The van der Waals surface area contributed by atoms with Gasteiger partial charge in [0.15, 0.2) is 11.6 Å². The largest absolute Gasteiger partial charge is 0.378 e. The number of anilines is 1. The molecule has 3 saturated heterocycles. The Labute approximate surface area is 171 Å². The number of carbonyl (C=O) groups excluding carboxylic acids is 1. The van der Waals surface area contributed by atoms with Crippen LogP contribution in [0.1, 0.15) is 29.6 Å². The van der Waals surface area contributed by atoms with Crippen LogP contribution < -0.4 is 4.90 Å². The second-order valence-corrected chi connectivity index (χ2v) is 8.11. The lowest BCUT2D eigenvalue weighted by atomic mass is 10.1. The topological polar surface area (TPSA) is 62.1 Å². The van der Waals surface area contributed by atoms with E-state index in [1.807, 2.05) is 35.2 Å². The standard InChI is InChI=1S/C22H28N4O3/c27-22(26-11-5-10-24-9-4-8-18(24)16-26)19-20(17-6-2-1-3-7-17)29-23-21(19)25-12-14-28-15-13-25/h1-3,6-7,18H,4-5,8-16H2/t18-/m0/s1.